The quantitative estimate of drug-likeness (QED) is 0.173. The van der Waals surface area contributed by atoms with Gasteiger partial charge in [0.25, 0.3) is 0 Å². The molecule has 0 saturated carbocycles. The van der Waals surface area contributed by atoms with E-state index < -0.39 is 11.9 Å². The lowest BCUT2D eigenvalue weighted by atomic mass is 10.0. The van der Waals surface area contributed by atoms with Gasteiger partial charge in [-0.2, -0.15) is 0 Å². The maximum atomic E-state index is 14.4. The van der Waals surface area contributed by atoms with E-state index >= 15 is 0 Å². The molecule has 1 fully saturated rings. The van der Waals surface area contributed by atoms with Crippen LogP contribution in [0, 0.1) is 5.82 Å². The van der Waals surface area contributed by atoms with Gasteiger partial charge in [0, 0.05) is 51.8 Å². The summed E-state index contributed by atoms with van der Waals surface area (Å²) >= 11 is 0. The fourth-order valence-electron chi connectivity index (χ4n) is 5.82. The van der Waals surface area contributed by atoms with E-state index in [9.17, 15) is 14.0 Å². The molecule has 5 rings (SSSR count). The van der Waals surface area contributed by atoms with Crippen LogP contribution in [0.4, 0.5) is 4.39 Å². The van der Waals surface area contributed by atoms with E-state index in [1.165, 1.54) is 36.4 Å². The molecule has 0 radical (unpaired) electrons. The molecule has 238 valence electrons. The van der Waals surface area contributed by atoms with Crippen molar-refractivity contribution in [1.29, 1.82) is 0 Å². The first-order valence-corrected chi connectivity index (χ1v) is 15.9. The molecule has 0 N–H and O–H groups in total. The third kappa shape index (κ3) is 8.70. The van der Waals surface area contributed by atoms with Crippen molar-refractivity contribution < 1.29 is 18.7 Å². The summed E-state index contributed by atoms with van der Waals surface area (Å²) in [5.74, 6) is -0.745. The number of benzene rings is 4. The third-order valence-corrected chi connectivity index (χ3v) is 8.53. The highest BCUT2D eigenvalue weighted by molar-refractivity contribution is 5.95. The van der Waals surface area contributed by atoms with Crippen molar-refractivity contribution in [3.63, 3.8) is 0 Å². The lowest BCUT2D eigenvalue weighted by Crippen LogP contribution is -2.56. The Morgan fingerprint density at radius 3 is 2.07 bits per heavy atom. The number of amides is 2. The summed E-state index contributed by atoms with van der Waals surface area (Å²) < 4.78 is 19.4. The zero-order valence-corrected chi connectivity index (χ0v) is 26.6. The Labute approximate surface area is 271 Å². The van der Waals surface area contributed by atoms with Gasteiger partial charge in [-0.25, -0.2) is 4.39 Å². The normalized spacial score (nSPS) is 14.3. The van der Waals surface area contributed by atoms with Crippen molar-refractivity contribution in [2.24, 2.45) is 0 Å². The van der Waals surface area contributed by atoms with Crippen LogP contribution in [0.3, 0.4) is 0 Å². The molecule has 0 bridgehead atoms. The molecule has 46 heavy (non-hydrogen) atoms. The van der Waals surface area contributed by atoms with Gasteiger partial charge in [0.15, 0.2) is 11.6 Å². The van der Waals surface area contributed by atoms with Gasteiger partial charge in [-0.1, -0.05) is 97.9 Å². The van der Waals surface area contributed by atoms with E-state index in [2.05, 4.69) is 36.1 Å². The van der Waals surface area contributed by atoms with Crippen molar-refractivity contribution in [3.8, 4) is 5.75 Å². The Balaban J connectivity index is 1.41. The lowest BCUT2D eigenvalue weighted by molar-refractivity contribution is -0.145. The number of piperazine rings is 1. The molecule has 0 spiro atoms. The molecule has 2 amide bonds. The molecule has 1 aliphatic heterocycles. The maximum Gasteiger partial charge on any atom is 0.247 e. The number of hydrogen-bond acceptors (Lipinski definition) is 4. The minimum atomic E-state index is -0.723. The van der Waals surface area contributed by atoms with Crippen molar-refractivity contribution in [2.75, 3.05) is 33.3 Å². The molecular formula is C39H42FN3O3. The highest BCUT2D eigenvalue weighted by Gasteiger charge is 2.34. The molecule has 7 heteroatoms. The molecule has 1 aliphatic rings. The van der Waals surface area contributed by atoms with Crippen molar-refractivity contribution >= 4 is 17.9 Å². The van der Waals surface area contributed by atoms with Gasteiger partial charge < -0.3 is 14.5 Å². The van der Waals surface area contributed by atoms with E-state index in [0.717, 1.165) is 37.2 Å². The second-order valence-corrected chi connectivity index (χ2v) is 11.7. The van der Waals surface area contributed by atoms with Gasteiger partial charge in [-0.05, 0) is 52.4 Å². The molecule has 0 aliphatic carbocycles. The van der Waals surface area contributed by atoms with Crippen LogP contribution in [0.2, 0.25) is 0 Å². The average Bonchev–Trinajstić information content (AvgIpc) is 3.10. The first-order chi connectivity index (χ1) is 22.4. The van der Waals surface area contributed by atoms with Gasteiger partial charge in [-0.15, -0.1) is 0 Å². The topological polar surface area (TPSA) is 53.1 Å². The highest BCUT2D eigenvalue weighted by Crippen LogP contribution is 2.21. The number of aryl methyl sites for hydroxylation is 1. The minimum Gasteiger partial charge on any atom is -0.494 e. The summed E-state index contributed by atoms with van der Waals surface area (Å²) in [7, 11) is 1.41. The fraction of sp³-hybridized carbons (Fsp3) is 0.282. The summed E-state index contributed by atoms with van der Waals surface area (Å²) in [5.41, 5.74) is 4.89. The van der Waals surface area contributed by atoms with E-state index in [1.54, 1.807) is 17.0 Å². The molecular weight excluding hydrogens is 577 g/mol. The van der Waals surface area contributed by atoms with Gasteiger partial charge >= 0.3 is 0 Å². The van der Waals surface area contributed by atoms with Crippen molar-refractivity contribution in [2.45, 2.75) is 38.9 Å². The van der Waals surface area contributed by atoms with Crippen LogP contribution in [-0.2, 0) is 35.5 Å². The average molecular weight is 620 g/mol. The summed E-state index contributed by atoms with van der Waals surface area (Å²) in [6.07, 6.45) is 4.32. The summed E-state index contributed by atoms with van der Waals surface area (Å²) in [5, 5.41) is 0. The molecule has 0 aromatic heterocycles. The van der Waals surface area contributed by atoms with Crippen LogP contribution in [0.25, 0.3) is 6.08 Å². The van der Waals surface area contributed by atoms with Crippen LogP contribution in [-0.4, -0.2) is 65.8 Å². The number of halogens is 1. The number of methoxy groups -OCH3 is 1. The molecule has 1 heterocycles. The number of rotatable bonds is 12. The summed E-state index contributed by atoms with van der Waals surface area (Å²) in [6.45, 7) is 5.90. The summed E-state index contributed by atoms with van der Waals surface area (Å²) in [6, 6.07) is 32.2. The zero-order valence-electron chi connectivity index (χ0n) is 26.6. The van der Waals surface area contributed by atoms with Crippen LogP contribution in [0.1, 0.15) is 34.7 Å². The standard InChI is InChI=1S/C39H42FN3O3/c1-3-30-14-16-34(17-15-30)29-43(38(44)21-19-32-18-20-37(46-2)35(40)26-32)36(27-31-10-6-4-7-11-31)39(45)42-24-22-41(23-25-42)28-33-12-8-5-9-13-33/h4-21,26,36H,3,22-25,27-29H2,1-2H3/t36-/m0/s1. The van der Waals surface area contributed by atoms with Crippen LogP contribution in [0.5, 0.6) is 5.75 Å². The van der Waals surface area contributed by atoms with Crippen LogP contribution in [0.15, 0.2) is 109 Å². The fourth-order valence-corrected chi connectivity index (χ4v) is 5.82. The van der Waals surface area contributed by atoms with Crippen molar-refractivity contribution in [1.82, 2.24) is 14.7 Å². The Morgan fingerprint density at radius 2 is 1.46 bits per heavy atom. The molecule has 4 aromatic carbocycles. The molecule has 6 nitrogen and oxygen atoms in total. The van der Waals surface area contributed by atoms with E-state index in [-0.39, 0.29) is 24.1 Å². The van der Waals surface area contributed by atoms with E-state index in [1.807, 2.05) is 65.6 Å². The SMILES string of the molecule is CCc1ccc(CN(C(=O)C=Cc2ccc(OC)c(F)c2)[C@@H](Cc2ccccc2)C(=O)N2CCN(Cc3ccccc3)CC2)cc1. The van der Waals surface area contributed by atoms with Gasteiger partial charge in [0.1, 0.15) is 6.04 Å². The van der Waals surface area contributed by atoms with Crippen molar-refractivity contribution in [3.05, 3.63) is 143 Å². The van der Waals surface area contributed by atoms with E-state index in [0.29, 0.717) is 25.1 Å². The minimum absolute atomic E-state index is 0.0642. The molecule has 1 saturated heterocycles. The first-order valence-electron chi connectivity index (χ1n) is 15.9. The Kier molecular flexibility index (Phi) is 11.4. The number of carbonyl (C=O) groups is 2. The van der Waals surface area contributed by atoms with Gasteiger partial charge in [0.05, 0.1) is 7.11 Å². The van der Waals surface area contributed by atoms with Crippen LogP contribution < -0.4 is 4.74 Å². The predicted molar refractivity (Wildman–Crippen MR) is 181 cm³/mol. The predicted octanol–water partition coefficient (Wildman–Crippen LogP) is 6.39. The molecule has 1 atom stereocenters. The smallest absolute Gasteiger partial charge is 0.247 e. The Bertz CT molecular complexity index is 1600. The zero-order chi connectivity index (χ0) is 32.3. The van der Waals surface area contributed by atoms with Gasteiger partial charge in [-0.3, -0.25) is 14.5 Å². The molecule has 4 aromatic rings. The third-order valence-electron chi connectivity index (χ3n) is 8.53. The second kappa shape index (κ2) is 16.0. The highest BCUT2D eigenvalue weighted by atomic mass is 19.1. The summed E-state index contributed by atoms with van der Waals surface area (Å²) in [4.78, 5) is 34.4. The first kappa shape index (κ1) is 32.6. The largest absolute Gasteiger partial charge is 0.494 e. The second-order valence-electron chi connectivity index (χ2n) is 11.7. The Morgan fingerprint density at radius 1 is 0.826 bits per heavy atom. The lowest BCUT2D eigenvalue weighted by Gasteiger charge is -2.39. The maximum absolute atomic E-state index is 14.4. The Hall–Kier alpha value is -4.75. The van der Waals surface area contributed by atoms with Gasteiger partial charge in [0.2, 0.25) is 11.8 Å². The number of hydrogen-bond donors (Lipinski definition) is 0. The number of carbonyl (C=O) groups excluding carboxylic acids is 2. The number of ether oxygens (including phenoxy) is 1. The van der Waals surface area contributed by atoms with E-state index in [4.69, 9.17) is 4.74 Å². The van der Waals surface area contributed by atoms with Crippen LogP contribution >= 0.6 is 0 Å². The molecule has 0 unspecified atom stereocenters. The monoisotopic (exact) mass is 619 g/mol. The number of nitrogens with zero attached hydrogens (tertiary/aromatic N) is 3.